The Balaban J connectivity index is 2.10. The molecule has 20 heavy (non-hydrogen) atoms. The molecule has 3 N–H and O–H groups in total. The van der Waals surface area contributed by atoms with Crippen molar-refractivity contribution < 1.29 is 8.42 Å². The van der Waals surface area contributed by atoms with Gasteiger partial charge in [0.1, 0.15) is 4.99 Å². The van der Waals surface area contributed by atoms with Crippen molar-refractivity contribution in [3.05, 3.63) is 65.7 Å². The Morgan fingerprint density at radius 1 is 1.05 bits per heavy atom. The second kappa shape index (κ2) is 6.02. The molecule has 0 aromatic heterocycles. The molecule has 0 aliphatic rings. The number of benzene rings is 2. The third-order valence-corrected chi connectivity index (χ3v) is 4.14. The molecule has 0 aliphatic carbocycles. The Kier molecular flexibility index (Phi) is 4.36. The molecule has 0 saturated carbocycles. The van der Waals surface area contributed by atoms with Crippen LogP contribution in [0.1, 0.15) is 11.1 Å². The Hall–Kier alpha value is -1.92. The summed E-state index contributed by atoms with van der Waals surface area (Å²) < 4.78 is 26.6. The number of nitrogens with two attached hydrogens (primary N) is 1. The van der Waals surface area contributed by atoms with E-state index in [0.717, 1.165) is 5.56 Å². The number of sulfonamides is 1. The fourth-order valence-corrected chi connectivity index (χ4v) is 3.05. The van der Waals surface area contributed by atoms with E-state index in [1.165, 1.54) is 0 Å². The topological polar surface area (TPSA) is 72.2 Å². The zero-order chi connectivity index (χ0) is 14.6. The molecule has 2 aromatic carbocycles. The van der Waals surface area contributed by atoms with E-state index in [4.69, 9.17) is 18.0 Å². The molecule has 104 valence electrons. The van der Waals surface area contributed by atoms with Crippen molar-refractivity contribution in [3.63, 3.8) is 0 Å². The van der Waals surface area contributed by atoms with Gasteiger partial charge in [-0.25, -0.2) is 8.42 Å². The first-order chi connectivity index (χ1) is 9.46. The Morgan fingerprint density at radius 2 is 1.65 bits per heavy atom. The molecular weight excluding hydrogens is 292 g/mol. The highest BCUT2D eigenvalue weighted by molar-refractivity contribution is 7.91. The molecule has 0 fully saturated rings. The van der Waals surface area contributed by atoms with E-state index in [2.05, 4.69) is 4.72 Å². The lowest BCUT2D eigenvalue weighted by Crippen LogP contribution is -2.15. The fourth-order valence-electron chi connectivity index (χ4n) is 1.71. The highest BCUT2D eigenvalue weighted by Gasteiger charge is 2.11. The first kappa shape index (κ1) is 14.5. The van der Waals surface area contributed by atoms with Gasteiger partial charge in [0.05, 0.1) is 5.75 Å². The van der Waals surface area contributed by atoms with Crippen LogP contribution >= 0.6 is 12.2 Å². The van der Waals surface area contributed by atoms with Crippen molar-refractivity contribution in [3.8, 4) is 0 Å². The first-order valence-electron chi connectivity index (χ1n) is 5.90. The molecule has 0 saturated heterocycles. The number of rotatable bonds is 5. The van der Waals surface area contributed by atoms with Gasteiger partial charge in [-0.05, 0) is 29.8 Å². The van der Waals surface area contributed by atoms with Gasteiger partial charge in [-0.3, -0.25) is 4.72 Å². The van der Waals surface area contributed by atoms with Crippen molar-refractivity contribution in [1.82, 2.24) is 0 Å². The van der Waals surface area contributed by atoms with Gasteiger partial charge in [0.25, 0.3) is 0 Å². The molecule has 0 aliphatic heterocycles. The van der Waals surface area contributed by atoms with E-state index in [1.807, 2.05) is 18.2 Å². The average molecular weight is 306 g/mol. The minimum absolute atomic E-state index is 0.0646. The van der Waals surface area contributed by atoms with Crippen LogP contribution in [0.2, 0.25) is 0 Å². The van der Waals surface area contributed by atoms with Crippen LogP contribution in [0.4, 0.5) is 5.69 Å². The maximum absolute atomic E-state index is 12.0. The zero-order valence-corrected chi connectivity index (χ0v) is 12.2. The minimum Gasteiger partial charge on any atom is -0.389 e. The second-order valence-electron chi connectivity index (χ2n) is 4.29. The number of nitrogens with one attached hydrogen (secondary N) is 1. The highest BCUT2D eigenvalue weighted by atomic mass is 32.2. The third kappa shape index (κ3) is 4.04. The molecule has 0 amide bonds. The van der Waals surface area contributed by atoms with E-state index in [-0.39, 0.29) is 10.7 Å². The number of thiocarbonyl (C=S) groups is 1. The van der Waals surface area contributed by atoms with Crippen LogP contribution in [0.5, 0.6) is 0 Å². The van der Waals surface area contributed by atoms with Gasteiger partial charge in [-0.1, -0.05) is 42.5 Å². The lowest BCUT2D eigenvalue weighted by atomic mass is 10.2. The smallest absolute Gasteiger partial charge is 0.236 e. The lowest BCUT2D eigenvalue weighted by Gasteiger charge is -2.08. The van der Waals surface area contributed by atoms with Gasteiger partial charge in [-0.15, -0.1) is 0 Å². The molecule has 4 nitrogen and oxygen atoms in total. The average Bonchev–Trinajstić information content (AvgIpc) is 2.39. The molecule has 0 heterocycles. The van der Waals surface area contributed by atoms with Crippen LogP contribution in [0, 0.1) is 0 Å². The van der Waals surface area contributed by atoms with Crippen molar-refractivity contribution in [2.24, 2.45) is 5.73 Å². The van der Waals surface area contributed by atoms with Gasteiger partial charge in [0.2, 0.25) is 10.0 Å². The lowest BCUT2D eigenvalue weighted by molar-refractivity contribution is 0.600. The summed E-state index contributed by atoms with van der Waals surface area (Å²) in [6.07, 6.45) is 0. The van der Waals surface area contributed by atoms with Crippen molar-refractivity contribution in [1.29, 1.82) is 0 Å². The monoisotopic (exact) mass is 306 g/mol. The summed E-state index contributed by atoms with van der Waals surface area (Å²) in [5.74, 6) is -0.0646. The summed E-state index contributed by atoms with van der Waals surface area (Å²) in [7, 11) is -3.43. The maximum Gasteiger partial charge on any atom is 0.236 e. The van der Waals surface area contributed by atoms with Gasteiger partial charge >= 0.3 is 0 Å². The van der Waals surface area contributed by atoms with Crippen molar-refractivity contribution in [2.75, 3.05) is 4.72 Å². The van der Waals surface area contributed by atoms with Crippen molar-refractivity contribution >= 4 is 32.9 Å². The van der Waals surface area contributed by atoms with Crippen LogP contribution in [0.25, 0.3) is 0 Å². The summed E-state index contributed by atoms with van der Waals surface area (Å²) in [6.45, 7) is 0. The fraction of sp³-hybridized carbons (Fsp3) is 0.0714. The third-order valence-electron chi connectivity index (χ3n) is 2.64. The van der Waals surface area contributed by atoms with Crippen LogP contribution in [-0.4, -0.2) is 13.4 Å². The quantitative estimate of drug-likeness (QED) is 0.831. The van der Waals surface area contributed by atoms with E-state index in [1.54, 1.807) is 36.4 Å². The molecule has 0 bridgehead atoms. The van der Waals surface area contributed by atoms with E-state index in [9.17, 15) is 8.42 Å². The summed E-state index contributed by atoms with van der Waals surface area (Å²) in [4.78, 5) is 0.281. The molecule has 0 atom stereocenters. The number of hydrogen-bond acceptors (Lipinski definition) is 3. The van der Waals surface area contributed by atoms with Crippen LogP contribution in [-0.2, 0) is 15.8 Å². The van der Waals surface area contributed by atoms with Gasteiger partial charge in [0, 0.05) is 11.3 Å². The maximum atomic E-state index is 12.0. The zero-order valence-electron chi connectivity index (χ0n) is 10.6. The number of hydrogen-bond donors (Lipinski definition) is 2. The molecule has 2 aromatic rings. The van der Waals surface area contributed by atoms with Gasteiger partial charge in [0.15, 0.2) is 0 Å². The molecular formula is C14H14N2O2S2. The van der Waals surface area contributed by atoms with Crippen LogP contribution in [0.3, 0.4) is 0 Å². The predicted molar refractivity (Wildman–Crippen MR) is 85.0 cm³/mol. The summed E-state index contributed by atoms with van der Waals surface area (Å²) in [5.41, 5.74) is 7.41. The Bertz CT molecular complexity index is 696. The summed E-state index contributed by atoms with van der Waals surface area (Å²) in [5, 5.41) is 0. The Morgan fingerprint density at radius 3 is 2.20 bits per heavy atom. The summed E-state index contributed by atoms with van der Waals surface area (Å²) >= 11 is 4.84. The standard InChI is InChI=1S/C14H14N2O2S2/c15-14(19)12-6-8-13(9-7-12)16-20(17,18)10-11-4-2-1-3-5-11/h1-9,16H,10H2,(H2,15,19). The summed E-state index contributed by atoms with van der Waals surface area (Å²) in [6, 6.07) is 15.6. The van der Waals surface area contributed by atoms with E-state index in [0.29, 0.717) is 11.3 Å². The molecule has 0 spiro atoms. The largest absolute Gasteiger partial charge is 0.389 e. The molecule has 0 unspecified atom stereocenters. The van der Waals surface area contributed by atoms with Crippen LogP contribution < -0.4 is 10.5 Å². The molecule has 6 heteroatoms. The molecule has 0 radical (unpaired) electrons. The van der Waals surface area contributed by atoms with E-state index < -0.39 is 10.0 Å². The highest BCUT2D eigenvalue weighted by Crippen LogP contribution is 2.14. The van der Waals surface area contributed by atoms with Gasteiger partial charge < -0.3 is 5.73 Å². The Labute approximate surface area is 123 Å². The van der Waals surface area contributed by atoms with Crippen molar-refractivity contribution in [2.45, 2.75) is 5.75 Å². The number of anilines is 1. The van der Waals surface area contributed by atoms with Gasteiger partial charge in [-0.2, -0.15) is 0 Å². The van der Waals surface area contributed by atoms with E-state index >= 15 is 0 Å². The minimum atomic E-state index is -3.43. The normalized spacial score (nSPS) is 11.0. The van der Waals surface area contributed by atoms with Crippen LogP contribution in [0.15, 0.2) is 54.6 Å². The predicted octanol–water partition coefficient (Wildman–Crippen LogP) is 2.26. The second-order valence-corrected chi connectivity index (χ2v) is 6.45. The SMILES string of the molecule is NC(=S)c1ccc(NS(=O)(=O)Cc2ccccc2)cc1. The first-order valence-corrected chi connectivity index (χ1v) is 7.97. The molecule has 2 rings (SSSR count).